The number of amides is 1. The molecular formula is C14H21NO. The highest BCUT2D eigenvalue weighted by Gasteiger charge is 2.53. The molecule has 0 radical (unpaired) electrons. The quantitative estimate of drug-likeness (QED) is 0.620. The number of hydrogen-bond donors (Lipinski definition) is 0. The van der Waals surface area contributed by atoms with Crippen LogP contribution in [0.1, 0.15) is 40.0 Å². The van der Waals surface area contributed by atoms with E-state index >= 15 is 0 Å². The molecule has 1 spiro atoms. The number of carbonyl (C=O) groups is 1. The Hall–Kier alpha value is -0.970. The van der Waals surface area contributed by atoms with Gasteiger partial charge in [-0.2, -0.15) is 0 Å². The summed E-state index contributed by atoms with van der Waals surface area (Å²) in [6.07, 6.45) is 3.39. The van der Waals surface area contributed by atoms with Crippen molar-refractivity contribution in [2.24, 2.45) is 17.3 Å². The maximum atomic E-state index is 11.6. The standard InChI is InChI=1S/C14H21NO/c1-4-5-6-13(16)15-9-14(10-15)7-12(8-14)11(2)3/h11-12H,4,7-10H2,1-3H3. The van der Waals surface area contributed by atoms with Crippen molar-refractivity contribution in [2.75, 3.05) is 13.1 Å². The van der Waals surface area contributed by atoms with Crippen LogP contribution in [0, 0.1) is 29.1 Å². The third-order valence-electron chi connectivity index (χ3n) is 4.05. The third kappa shape index (κ3) is 1.96. The normalized spacial score (nSPS) is 22.4. The molecule has 1 saturated heterocycles. The van der Waals surface area contributed by atoms with Crippen molar-refractivity contribution in [3.63, 3.8) is 0 Å². The van der Waals surface area contributed by atoms with Crippen molar-refractivity contribution in [1.29, 1.82) is 0 Å². The van der Waals surface area contributed by atoms with Crippen LogP contribution >= 0.6 is 0 Å². The molecule has 2 heteroatoms. The highest BCUT2D eigenvalue weighted by molar-refractivity contribution is 5.94. The Kier molecular flexibility index (Phi) is 2.97. The van der Waals surface area contributed by atoms with E-state index in [4.69, 9.17) is 0 Å². The van der Waals surface area contributed by atoms with Crippen molar-refractivity contribution in [2.45, 2.75) is 40.0 Å². The fraction of sp³-hybridized carbons (Fsp3) is 0.786. The van der Waals surface area contributed by atoms with E-state index in [-0.39, 0.29) is 5.91 Å². The molecule has 0 aromatic carbocycles. The molecule has 0 bridgehead atoms. The molecule has 2 rings (SSSR count). The highest BCUT2D eigenvalue weighted by atomic mass is 16.2. The molecule has 1 heterocycles. The summed E-state index contributed by atoms with van der Waals surface area (Å²) < 4.78 is 0. The Morgan fingerprint density at radius 2 is 2.06 bits per heavy atom. The van der Waals surface area contributed by atoms with Crippen molar-refractivity contribution in [1.82, 2.24) is 4.90 Å². The predicted octanol–water partition coefficient (Wildman–Crippen LogP) is 2.29. The van der Waals surface area contributed by atoms with Crippen LogP contribution in [0.15, 0.2) is 0 Å². The van der Waals surface area contributed by atoms with Crippen molar-refractivity contribution < 1.29 is 4.79 Å². The Morgan fingerprint density at radius 1 is 1.44 bits per heavy atom. The summed E-state index contributed by atoms with van der Waals surface area (Å²) in [4.78, 5) is 13.5. The van der Waals surface area contributed by atoms with Crippen LogP contribution in [0.3, 0.4) is 0 Å². The van der Waals surface area contributed by atoms with Gasteiger partial charge < -0.3 is 4.90 Å². The van der Waals surface area contributed by atoms with E-state index in [2.05, 4.69) is 25.7 Å². The Morgan fingerprint density at radius 3 is 2.56 bits per heavy atom. The van der Waals surface area contributed by atoms with Gasteiger partial charge in [0, 0.05) is 24.9 Å². The van der Waals surface area contributed by atoms with Crippen LogP contribution in [-0.2, 0) is 4.79 Å². The molecule has 0 aromatic heterocycles. The summed E-state index contributed by atoms with van der Waals surface area (Å²) in [5.74, 6) is 7.25. The zero-order valence-electron chi connectivity index (χ0n) is 10.5. The van der Waals surface area contributed by atoms with Gasteiger partial charge in [-0.05, 0) is 30.6 Å². The van der Waals surface area contributed by atoms with Crippen molar-refractivity contribution in [3.8, 4) is 11.8 Å². The smallest absolute Gasteiger partial charge is 0.298 e. The van der Waals surface area contributed by atoms with Crippen molar-refractivity contribution >= 4 is 5.91 Å². The van der Waals surface area contributed by atoms with E-state index in [0.717, 1.165) is 31.3 Å². The van der Waals surface area contributed by atoms with Gasteiger partial charge in [-0.1, -0.05) is 26.7 Å². The Bertz CT molecular complexity index is 333. The van der Waals surface area contributed by atoms with Gasteiger partial charge in [0.1, 0.15) is 0 Å². The second kappa shape index (κ2) is 4.13. The summed E-state index contributed by atoms with van der Waals surface area (Å²) in [5.41, 5.74) is 0.485. The fourth-order valence-corrected chi connectivity index (χ4v) is 2.93. The lowest BCUT2D eigenvalue weighted by atomic mass is 9.55. The van der Waals surface area contributed by atoms with E-state index in [9.17, 15) is 4.79 Å². The molecule has 1 aliphatic carbocycles. The lowest BCUT2D eigenvalue weighted by Gasteiger charge is -2.59. The minimum absolute atomic E-state index is 0.0282. The van der Waals surface area contributed by atoms with E-state index in [1.54, 1.807) is 0 Å². The van der Waals surface area contributed by atoms with E-state index < -0.39 is 0 Å². The van der Waals surface area contributed by atoms with Gasteiger partial charge in [-0.25, -0.2) is 0 Å². The monoisotopic (exact) mass is 219 g/mol. The maximum Gasteiger partial charge on any atom is 0.298 e. The number of nitrogens with zero attached hydrogens (tertiary/aromatic N) is 1. The van der Waals surface area contributed by atoms with Gasteiger partial charge in [-0.15, -0.1) is 0 Å². The van der Waals surface area contributed by atoms with Crippen LogP contribution in [0.4, 0.5) is 0 Å². The summed E-state index contributed by atoms with van der Waals surface area (Å²) >= 11 is 0. The largest absolute Gasteiger partial charge is 0.331 e. The minimum atomic E-state index is 0.0282. The number of carbonyl (C=O) groups excluding carboxylic acids is 1. The molecule has 2 nitrogen and oxygen atoms in total. The van der Waals surface area contributed by atoms with Crippen LogP contribution in [0.25, 0.3) is 0 Å². The van der Waals surface area contributed by atoms with Crippen LogP contribution in [0.5, 0.6) is 0 Å². The molecule has 1 aliphatic heterocycles. The summed E-state index contributed by atoms with van der Waals surface area (Å²) in [6, 6.07) is 0. The van der Waals surface area contributed by atoms with E-state index in [1.807, 2.05) is 11.8 Å². The van der Waals surface area contributed by atoms with Gasteiger partial charge in [0.25, 0.3) is 5.91 Å². The van der Waals surface area contributed by atoms with E-state index in [0.29, 0.717) is 5.41 Å². The second-order valence-electron chi connectivity index (χ2n) is 5.73. The Balaban J connectivity index is 1.77. The first-order valence-corrected chi connectivity index (χ1v) is 6.34. The molecule has 0 atom stereocenters. The average Bonchev–Trinajstić information content (AvgIpc) is 2.09. The molecule has 1 amide bonds. The first kappa shape index (κ1) is 11.5. The zero-order chi connectivity index (χ0) is 11.8. The van der Waals surface area contributed by atoms with Crippen LogP contribution < -0.4 is 0 Å². The zero-order valence-corrected chi connectivity index (χ0v) is 10.5. The molecule has 0 unspecified atom stereocenters. The molecule has 0 aromatic rings. The van der Waals surface area contributed by atoms with Gasteiger partial charge >= 0.3 is 0 Å². The Labute approximate surface area is 98.4 Å². The first-order chi connectivity index (χ1) is 7.56. The number of likely N-dealkylation sites (tertiary alicyclic amines) is 1. The van der Waals surface area contributed by atoms with Gasteiger partial charge in [0.15, 0.2) is 0 Å². The summed E-state index contributed by atoms with van der Waals surface area (Å²) in [7, 11) is 0. The number of rotatable bonds is 1. The van der Waals surface area contributed by atoms with Gasteiger partial charge in [0.05, 0.1) is 0 Å². The number of hydrogen-bond acceptors (Lipinski definition) is 1. The third-order valence-corrected chi connectivity index (χ3v) is 4.05. The molecule has 0 N–H and O–H groups in total. The van der Waals surface area contributed by atoms with E-state index in [1.165, 1.54) is 12.8 Å². The average molecular weight is 219 g/mol. The van der Waals surface area contributed by atoms with Gasteiger partial charge in [-0.3, -0.25) is 4.79 Å². The fourth-order valence-electron chi connectivity index (χ4n) is 2.93. The lowest BCUT2D eigenvalue weighted by Crippen LogP contribution is -2.64. The lowest BCUT2D eigenvalue weighted by molar-refractivity contribution is -0.151. The topological polar surface area (TPSA) is 20.3 Å². The molecule has 2 aliphatic rings. The molecule has 16 heavy (non-hydrogen) atoms. The minimum Gasteiger partial charge on any atom is -0.331 e. The van der Waals surface area contributed by atoms with Crippen LogP contribution in [-0.4, -0.2) is 23.9 Å². The predicted molar refractivity (Wildman–Crippen MR) is 64.6 cm³/mol. The second-order valence-corrected chi connectivity index (χ2v) is 5.73. The SMILES string of the molecule is CCC#CC(=O)N1CC2(CC(C(C)C)C2)C1. The molecule has 2 fully saturated rings. The van der Waals surface area contributed by atoms with Crippen molar-refractivity contribution in [3.05, 3.63) is 0 Å². The molecule has 88 valence electrons. The first-order valence-electron chi connectivity index (χ1n) is 6.34. The van der Waals surface area contributed by atoms with Gasteiger partial charge in [0.2, 0.25) is 0 Å². The van der Waals surface area contributed by atoms with Crippen LogP contribution in [0.2, 0.25) is 0 Å². The molecule has 1 saturated carbocycles. The summed E-state index contributed by atoms with van der Waals surface area (Å²) in [5, 5.41) is 0. The molecular weight excluding hydrogens is 198 g/mol. The highest BCUT2D eigenvalue weighted by Crippen LogP contribution is 2.54. The maximum absolute atomic E-state index is 11.6. The summed E-state index contributed by atoms with van der Waals surface area (Å²) in [6.45, 7) is 8.47.